The van der Waals surface area contributed by atoms with E-state index in [4.69, 9.17) is 14.2 Å². The van der Waals surface area contributed by atoms with Gasteiger partial charge in [-0.3, -0.25) is 0 Å². The Hall–Kier alpha value is -0.980. The molecule has 5 atom stereocenters. The number of hydrogen-bond acceptors (Lipinski definition) is 5. The summed E-state index contributed by atoms with van der Waals surface area (Å²) in [5.41, 5.74) is 0.911. The summed E-state index contributed by atoms with van der Waals surface area (Å²) in [5.74, 6) is 0. The molecule has 98 valence electrons. The molecule has 5 nitrogen and oxygen atoms in total. The lowest BCUT2D eigenvalue weighted by Gasteiger charge is -2.43. The Bertz CT molecular complexity index is 396. The molecular formula is C13H16O5. The Labute approximate surface area is 105 Å². The Morgan fingerprint density at radius 1 is 1.06 bits per heavy atom. The average molecular weight is 252 g/mol. The Balaban J connectivity index is 1.73. The van der Waals surface area contributed by atoms with E-state index in [1.165, 1.54) is 0 Å². The molecule has 2 fully saturated rings. The normalized spacial score (nSPS) is 40.2. The van der Waals surface area contributed by atoms with Crippen molar-refractivity contribution in [3.8, 4) is 0 Å². The molecule has 0 spiro atoms. The van der Waals surface area contributed by atoms with E-state index in [1.807, 2.05) is 30.3 Å². The van der Waals surface area contributed by atoms with Gasteiger partial charge in [0.05, 0.1) is 12.7 Å². The zero-order chi connectivity index (χ0) is 12.5. The maximum Gasteiger partial charge on any atom is 0.184 e. The van der Waals surface area contributed by atoms with Crippen LogP contribution in [0, 0.1) is 0 Å². The van der Waals surface area contributed by atoms with Crippen molar-refractivity contribution in [2.75, 3.05) is 6.61 Å². The highest BCUT2D eigenvalue weighted by atomic mass is 16.7. The Morgan fingerprint density at radius 3 is 2.61 bits per heavy atom. The molecule has 18 heavy (non-hydrogen) atoms. The van der Waals surface area contributed by atoms with Crippen molar-refractivity contribution in [3.05, 3.63) is 35.9 Å². The zero-order valence-corrected chi connectivity index (χ0v) is 9.81. The van der Waals surface area contributed by atoms with Crippen LogP contribution in [0.15, 0.2) is 30.3 Å². The van der Waals surface area contributed by atoms with E-state index < -0.39 is 30.9 Å². The maximum absolute atomic E-state index is 9.92. The molecule has 0 aromatic heterocycles. The van der Waals surface area contributed by atoms with Crippen molar-refractivity contribution < 1.29 is 24.4 Å². The first-order chi connectivity index (χ1) is 8.74. The summed E-state index contributed by atoms with van der Waals surface area (Å²) in [6.07, 6.45) is -2.85. The Kier molecular flexibility index (Phi) is 3.32. The van der Waals surface area contributed by atoms with E-state index >= 15 is 0 Å². The third-order valence-corrected chi connectivity index (χ3v) is 3.29. The van der Waals surface area contributed by atoms with Crippen LogP contribution >= 0.6 is 0 Å². The van der Waals surface area contributed by atoms with Gasteiger partial charge in [0.2, 0.25) is 0 Å². The van der Waals surface area contributed by atoms with E-state index in [9.17, 15) is 10.2 Å². The summed E-state index contributed by atoms with van der Waals surface area (Å²) >= 11 is 0. The molecule has 2 heterocycles. The van der Waals surface area contributed by atoms with Gasteiger partial charge in [0.15, 0.2) is 12.6 Å². The van der Waals surface area contributed by atoms with Gasteiger partial charge in [-0.1, -0.05) is 30.3 Å². The summed E-state index contributed by atoms with van der Waals surface area (Å²) in [5, 5.41) is 19.3. The van der Waals surface area contributed by atoms with Gasteiger partial charge in [0.25, 0.3) is 0 Å². The highest BCUT2D eigenvalue weighted by Crippen LogP contribution is 2.33. The molecule has 3 rings (SSSR count). The van der Waals surface area contributed by atoms with Gasteiger partial charge >= 0.3 is 0 Å². The molecular weight excluding hydrogens is 236 g/mol. The van der Waals surface area contributed by atoms with E-state index in [1.54, 1.807) is 0 Å². The first-order valence-corrected chi connectivity index (χ1v) is 6.07. The van der Waals surface area contributed by atoms with Crippen LogP contribution in [-0.4, -0.2) is 41.4 Å². The van der Waals surface area contributed by atoms with Crippen LogP contribution in [0.25, 0.3) is 0 Å². The van der Waals surface area contributed by atoms with Crippen LogP contribution in [0.5, 0.6) is 0 Å². The molecule has 0 radical (unpaired) electrons. The maximum atomic E-state index is 9.92. The number of hydrogen-bond donors (Lipinski definition) is 2. The monoisotopic (exact) mass is 252 g/mol. The van der Waals surface area contributed by atoms with Gasteiger partial charge in [-0.2, -0.15) is 0 Å². The summed E-state index contributed by atoms with van der Waals surface area (Å²) in [4.78, 5) is 0. The van der Waals surface area contributed by atoms with Crippen molar-refractivity contribution in [2.45, 2.75) is 37.3 Å². The zero-order valence-electron chi connectivity index (χ0n) is 9.81. The molecule has 2 unspecified atom stereocenters. The fourth-order valence-electron chi connectivity index (χ4n) is 2.38. The first-order valence-electron chi connectivity index (χ1n) is 6.07. The van der Waals surface area contributed by atoms with Crippen LogP contribution in [0.2, 0.25) is 0 Å². The minimum absolute atomic E-state index is 0.169. The molecule has 2 saturated heterocycles. The largest absolute Gasteiger partial charge is 0.390 e. The van der Waals surface area contributed by atoms with Crippen molar-refractivity contribution in [2.24, 2.45) is 0 Å². The third kappa shape index (κ3) is 2.28. The number of aliphatic hydroxyl groups excluding tert-OH is 2. The molecule has 2 N–H and O–H groups in total. The number of ether oxygens (including phenoxy) is 3. The van der Waals surface area contributed by atoms with Gasteiger partial charge in [-0.15, -0.1) is 0 Å². The molecule has 0 aliphatic carbocycles. The summed E-state index contributed by atoms with van der Waals surface area (Å²) in [7, 11) is 0. The standard InChI is InChI=1S/C13H16O5/c14-9-6-11(15)17-10-7-16-13(18-12(9)10)8-4-2-1-3-5-8/h1-5,9-15H,6-7H2/t9-,10+,11?,12+,13?/m0/s1. The lowest BCUT2D eigenvalue weighted by atomic mass is 10.0. The summed E-state index contributed by atoms with van der Waals surface area (Å²) in [6, 6.07) is 9.56. The second kappa shape index (κ2) is 4.95. The first kappa shape index (κ1) is 12.1. The van der Waals surface area contributed by atoms with Crippen LogP contribution in [0.4, 0.5) is 0 Å². The number of rotatable bonds is 1. The van der Waals surface area contributed by atoms with Crippen LogP contribution < -0.4 is 0 Å². The van der Waals surface area contributed by atoms with Crippen molar-refractivity contribution in [1.29, 1.82) is 0 Å². The second-order valence-electron chi connectivity index (χ2n) is 4.61. The van der Waals surface area contributed by atoms with Crippen molar-refractivity contribution >= 4 is 0 Å². The fourth-order valence-corrected chi connectivity index (χ4v) is 2.38. The lowest BCUT2D eigenvalue weighted by molar-refractivity contribution is -0.331. The van der Waals surface area contributed by atoms with Crippen molar-refractivity contribution in [1.82, 2.24) is 0 Å². The third-order valence-electron chi connectivity index (χ3n) is 3.29. The van der Waals surface area contributed by atoms with Crippen molar-refractivity contribution in [3.63, 3.8) is 0 Å². The molecule has 0 saturated carbocycles. The van der Waals surface area contributed by atoms with Gasteiger partial charge in [0, 0.05) is 12.0 Å². The predicted octanol–water partition coefficient (Wildman–Crippen LogP) is 0.569. The molecule has 0 bridgehead atoms. The van der Waals surface area contributed by atoms with Gasteiger partial charge in [-0.25, -0.2) is 0 Å². The highest BCUT2D eigenvalue weighted by molar-refractivity contribution is 5.16. The Morgan fingerprint density at radius 2 is 1.83 bits per heavy atom. The molecule has 2 aliphatic heterocycles. The minimum Gasteiger partial charge on any atom is -0.390 e. The SMILES string of the molecule is OC1C[C@H](O)[C@H]2OC(c3ccccc3)OC[C@H]2O1. The molecule has 0 amide bonds. The summed E-state index contributed by atoms with van der Waals surface area (Å²) < 4.78 is 16.6. The van der Waals surface area contributed by atoms with E-state index in [0.717, 1.165) is 5.56 Å². The predicted molar refractivity (Wildman–Crippen MR) is 61.5 cm³/mol. The van der Waals surface area contributed by atoms with E-state index in [-0.39, 0.29) is 6.42 Å². The number of benzene rings is 1. The average Bonchev–Trinajstić information content (AvgIpc) is 2.39. The molecule has 5 heteroatoms. The highest BCUT2D eigenvalue weighted by Gasteiger charge is 2.43. The van der Waals surface area contributed by atoms with E-state index in [0.29, 0.717) is 6.61 Å². The minimum atomic E-state index is -0.943. The van der Waals surface area contributed by atoms with Gasteiger partial charge < -0.3 is 24.4 Å². The van der Waals surface area contributed by atoms with Crippen LogP contribution in [0.3, 0.4) is 0 Å². The number of aliphatic hydroxyl groups is 2. The molecule has 2 aliphatic rings. The quantitative estimate of drug-likeness (QED) is 0.764. The smallest absolute Gasteiger partial charge is 0.184 e. The van der Waals surface area contributed by atoms with E-state index in [2.05, 4.69) is 0 Å². The lowest BCUT2D eigenvalue weighted by Crippen LogP contribution is -2.54. The van der Waals surface area contributed by atoms with Gasteiger partial charge in [0.1, 0.15) is 12.2 Å². The second-order valence-corrected chi connectivity index (χ2v) is 4.61. The summed E-state index contributed by atoms with van der Waals surface area (Å²) in [6.45, 7) is 0.304. The number of fused-ring (bicyclic) bond motifs is 1. The van der Waals surface area contributed by atoms with Crippen LogP contribution in [-0.2, 0) is 14.2 Å². The van der Waals surface area contributed by atoms with Crippen LogP contribution in [0.1, 0.15) is 18.3 Å². The molecule has 1 aromatic carbocycles. The molecule has 1 aromatic rings. The topological polar surface area (TPSA) is 68.2 Å². The van der Waals surface area contributed by atoms with Gasteiger partial charge in [-0.05, 0) is 0 Å². The fraction of sp³-hybridized carbons (Fsp3) is 0.538.